The minimum Gasteiger partial charge on any atom is -0.0654 e. The minimum absolute atomic E-state index is 0.966. The quantitative estimate of drug-likeness (QED) is 0.0627. The molecule has 0 radical (unpaired) electrons. The van der Waals surface area contributed by atoms with E-state index in [1.54, 1.807) is 0 Å². The highest BCUT2D eigenvalue weighted by molar-refractivity contribution is 4.57. The third kappa shape index (κ3) is 38.0. The topological polar surface area (TPSA) is 0 Å². The van der Waals surface area contributed by atoms with Gasteiger partial charge in [0.05, 0.1) is 0 Å². The summed E-state index contributed by atoms with van der Waals surface area (Å²) in [7, 11) is 0. The Balaban J connectivity index is 3.11. The van der Waals surface area contributed by atoms with Crippen molar-refractivity contribution in [2.24, 2.45) is 5.92 Å². The summed E-state index contributed by atoms with van der Waals surface area (Å²) in [5.74, 6) is 0.966. The van der Waals surface area contributed by atoms with Crippen LogP contribution in [0.25, 0.3) is 0 Å². The van der Waals surface area contributed by atoms with Crippen LogP contribution in [0.15, 0.2) is 0 Å². The van der Waals surface area contributed by atoms with Crippen LogP contribution >= 0.6 is 0 Å². The van der Waals surface area contributed by atoms with Crippen molar-refractivity contribution in [3.63, 3.8) is 0 Å². The standard InChI is InChI=1S/C42H86/c1-4-6-8-10-12-14-16-17-18-19-20-21-22-23-24-25-26-27-28-29-30-31-33-35-37-39-41-42(3)40-38-36-34-32-15-13-11-9-7-5-2/h42H,4-41H2,1-3H3. The number of hydrogen-bond acceptors (Lipinski definition) is 0. The lowest BCUT2D eigenvalue weighted by molar-refractivity contribution is 0.429. The van der Waals surface area contributed by atoms with Gasteiger partial charge in [0.25, 0.3) is 0 Å². The lowest BCUT2D eigenvalue weighted by atomic mass is 9.95. The van der Waals surface area contributed by atoms with Crippen LogP contribution in [0, 0.1) is 5.92 Å². The van der Waals surface area contributed by atoms with Gasteiger partial charge in [-0.05, 0) is 5.92 Å². The highest BCUT2D eigenvalue weighted by atomic mass is 14.1. The number of unbranched alkanes of at least 4 members (excludes halogenated alkanes) is 34. The Morgan fingerprint density at radius 3 is 0.524 bits per heavy atom. The fourth-order valence-corrected chi connectivity index (χ4v) is 6.93. The highest BCUT2D eigenvalue weighted by Gasteiger charge is 2.02. The lowest BCUT2D eigenvalue weighted by Gasteiger charge is -2.11. The van der Waals surface area contributed by atoms with Gasteiger partial charge in [-0.3, -0.25) is 0 Å². The average molecular weight is 591 g/mol. The summed E-state index contributed by atoms with van der Waals surface area (Å²) >= 11 is 0. The molecule has 0 nitrogen and oxygen atoms in total. The van der Waals surface area contributed by atoms with Gasteiger partial charge >= 0.3 is 0 Å². The third-order valence-electron chi connectivity index (χ3n) is 10.1. The molecule has 0 aromatic rings. The molecule has 0 aliphatic rings. The maximum atomic E-state index is 2.51. The highest BCUT2D eigenvalue weighted by Crippen LogP contribution is 2.20. The Morgan fingerprint density at radius 1 is 0.214 bits per heavy atom. The van der Waals surface area contributed by atoms with Crippen LogP contribution in [0.4, 0.5) is 0 Å². The molecule has 0 saturated carbocycles. The van der Waals surface area contributed by atoms with Crippen molar-refractivity contribution >= 4 is 0 Å². The van der Waals surface area contributed by atoms with E-state index in [1.807, 2.05) is 0 Å². The molecular formula is C42H86. The molecule has 0 saturated heterocycles. The largest absolute Gasteiger partial charge is 0.0654 e. The van der Waals surface area contributed by atoms with E-state index in [0.717, 1.165) is 5.92 Å². The van der Waals surface area contributed by atoms with Crippen LogP contribution in [-0.2, 0) is 0 Å². The molecule has 0 aliphatic heterocycles. The van der Waals surface area contributed by atoms with E-state index in [9.17, 15) is 0 Å². The zero-order valence-electron chi connectivity index (χ0n) is 30.4. The second-order valence-corrected chi connectivity index (χ2v) is 14.7. The van der Waals surface area contributed by atoms with E-state index in [4.69, 9.17) is 0 Å². The molecule has 0 heteroatoms. The molecule has 254 valence electrons. The number of rotatable bonds is 38. The van der Waals surface area contributed by atoms with Crippen LogP contribution in [0.3, 0.4) is 0 Å². The Labute approximate surface area is 270 Å². The van der Waals surface area contributed by atoms with Crippen molar-refractivity contribution in [1.29, 1.82) is 0 Å². The fraction of sp³-hybridized carbons (Fsp3) is 1.00. The maximum absolute atomic E-state index is 2.51. The summed E-state index contributed by atoms with van der Waals surface area (Å²) in [6.07, 6.45) is 56.2. The van der Waals surface area contributed by atoms with Gasteiger partial charge in [-0.25, -0.2) is 0 Å². The molecule has 1 atom stereocenters. The summed E-state index contributed by atoms with van der Waals surface area (Å²) in [6, 6.07) is 0. The minimum atomic E-state index is 0.966. The molecular weight excluding hydrogens is 504 g/mol. The summed E-state index contributed by atoms with van der Waals surface area (Å²) < 4.78 is 0. The van der Waals surface area contributed by atoms with Gasteiger partial charge in [0.1, 0.15) is 0 Å². The first-order valence-corrected chi connectivity index (χ1v) is 20.8. The van der Waals surface area contributed by atoms with Crippen molar-refractivity contribution in [3.8, 4) is 0 Å². The fourth-order valence-electron chi connectivity index (χ4n) is 6.93. The van der Waals surface area contributed by atoms with Gasteiger partial charge in [-0.2, -0.15) is 0 Å². The zero-order valence-corrected chi connectivity index (χ0v) is 30.4. The summed E-state index contributed by atoms with van der Waals surface area (Å²) in [6.45, 7) is 7.13. The van der Waals surface area contributed by atoms with Crippen molar-refractivity contribution < 1.29 is 0 Å². The van der Waals surface area contributed by atoms with E-state index in [-0.39, 0.29) is 0 Å². The molecule has 0 bridgehead atoms. The molecule has 0 N–H and O–H groups in total. The Bertz CT molecular complexity index is 439. The molecule has 0 spiro atoms. The predicted octanol–water partition coefficient (Wildman–Crippen LogP) is 16.5. The molecule has 0 amide bonds. The first-order chi connectivity index (χ1) is 20.8. The van der Waals surface area contributed by atoms with Gasteiger partial charge in [-0.1, -0.05) is 265 Å². The van der Waals surface area contributed by atoms with E-state index in [0.29, 0.717) is 0 Å². The predicted molar refractivity (Wildman–Crippen MR) is 196 cm³/mol. The average Bonchev–Trinajstić information content (AvgIpc) is 3.00. The SMILES string of the molecule is CCCCCCCCCCCCCCCCCCCCCCCCCCCCC(C)CCCCCCCCCCCC. The molecule has 0 fully saturated rings. The first-order valence-electron chi connectivity index (χ1n) is 20.8. The van der Waals surface area contributed by atoms with Gasteiger partial charge in [0.2, 0.25) is 0 Å². The van der Waals surface area contributed by atoms with Crippen LogP contribution in [0.5, 0.6) is 0 Å². The van der Waals surface area contributed by atoms with Crippen LogP contribution in [0.1, 0.15) is 265 Å². The van der Waals surface area contributed by atoms with E-state index < -0.39 is 0 Å². The van der Waals surface area contributed by atoms with E-state index in [2.05, 4.69) is 20.8 Å². The zero-order chi connectivity index (χ0) is 30.4. The molecule has 42 heavy (non-hydrogen) atoms. The Morgan fingerprint density at radius 2 is 0.357 bits per heavy atom. The number of hydrogen-bond donors (Lipinski definition) is 0. The monoisotopic (exact) mass is 591 g/mol. The van der Waals surface area contributed by atoms with Gasteiger partial charge < -0.3 is 0 Å². The van der Waals surface area contributed by atoms with Gasteiger partial charge in [0.15, 0.2) is 0 Å². The van der Waals surface area contributed by atoms with Crippen molar-refractivity contribution in [2.45, 2.75) is 265 Å². The summed E-state index contributed by atoms with van der Waals surface area (Å²) in [4.78, 5) is 0. The second kappa shape index (κ2) is 39.0. The smallest absolute Gasteiger partial charge is 0.0443 e. The molecule has 0 aromatic heterocycles. The summed E-state index contributed by atoms with van der Waals surface area (Å²) in [5.41, 5.74) is 0. The van der Waals surface area contributed by atoms with Gasteiger partial charge in [-0.15, -0.1) is 0 Å². The molecule has 0 heterocycles. The Kier molecular flexibility index (Phi) is 39.0. The maximum Gasteiger partial charge on any atom is -0.0443 e. The van der Waals surface area contributed by atoms with Crippen molar-refractivity contribution in [2.75, 3.05) is 0 Å². The van der Waals surface area contributed by atoms with Crippen LogP contribution < -0.4 is 0 Å². The third-order valence-corrected chi connectivity index (χ3v) is 10.1. The van der Waals surface area contributed by atoms with Crippen molar-refractivity contribution in [1.82, 2.24) is 0 Å². The normalized spacial score (nSPS) is 12.4. The molecule has 0 aromatic carbocycles. The summed E-state index contributed by atoms with van der Waals surface area (Å²) in [5, 5.41) is 0. The van der Waals surface area contributed by atoms with E-state index >= 15 is 0 Å². The van der Waals surface area contributed by atoms with Crippen LogP contribution in [-0.4, -0.2) is 0 Å². The molecule has 1 unspecified atom stereocenters. The van der Waals surface area contributed by atoms with Crippen molar-refractivity contribution in [3.05, 3.63) is 0 Å². The first kappa shape index (κ1) is 42.0. The van der Waals surface area contributed by atoms with E-state index in [1.165, 1.54) is 244 Å². The second-order valence-electron chi connectivity index (χ2n) is 14.7. The van der Waals surface area contributed by atoms with Crippen LogP contribution in [0.2, 0.25) is 0 Å². The Hall–Kier alpha value is 0. The molecule has 0 aliphatic carbocycles. The molecule has 0 rings (SSSR count). The van der Waals surface area contributed by atoms with Gasteiger partial charge in [0, 0.05) is 0 Å². The lowest BCUT2D eigenvalue weighted by Crippen LogP contribution is -1.95.